The monoisotopic (exact) mass is 383 g/mol. The van der Waals surface area contributed by atoms with Crippen LogP contribution < -0.4 is 20.1 Å². The fourth-order valence-corrected chi connectivity index (χ4v) is 5.70. The zero-order valence-corrected chi connectivity index (χ0v) is 16.0. The van der Waals surface area contributed by atoms with Gasteiger partial charge in [-0.05, 0) is 68.4 Å². The van der Waals surface area contributed by atoms with Gasteiger partial charge in [-0.3, -0.25) is 10.1 Å². The number of benzene rings is 1. The Morgan fingerprint density at radius 3 is 2.36 bits per heavy atom. The highest BCUT2D eigenvalue weighted by atomic mass is 16.5. The Morgan fingerprint density at radius 1 is 1.14 bits per heavy atom. The largest absolute Gasteiger partial charge is 0.493 e. The molecule has 3 amide bonds. The second-order valence-corrected chi connectivity index (χ2v) is 8.47. The van der Waals surface area contributed by atoms with Crippen LogP contribution >= 0.6 is 0 Å². The molecule has 4 bridgehead atoms. The molecule has 4 aliphatic carbocycles. The fraction of sp³-hybridized carbons (Fsp3) is 0.571. The molecule has 4 aliphatic rings. The van der Waals surface area contributed by atoms with E-state index < -0.39 is 11.9 Å². The minimum Gasteiger partial charge on any atom is -0.493 e. The molecule has 7 heteroatoms. The highest BCUT2D eigenvalue weighted by Crippen LogP contribution is 2.55. The first kappa shape index (κ1) is 18.6. The molecule has 28 heavy (non-hydrogen) atoms. The standard InChI is InChI=1S/C21H25N3O4/c1-27-18-7-13(11-22)2-3-17(18)28-12-19(25)23-20(26)24-21-8-14-4-15(9-21)6-16(5-14)10-21/h2-3,7,14-16H,4-6,8-10,12H2,1H3,(H2,23,24,25,26). The van der Waals surface area contributed by atoms with E-state index in [9.17, 15) is 9.59 Å². The summed E-state index contributed by atoms with van der Waals surface area (Å²) in [7, 11) is 1.46. The van der Waals surface area contributed by atoms with Crippen LogP contribution in [0.25, 0.3) is 0 Å². The van der Waals surface area contributed by atoms with Crippen LogP contribution in [-0.4, -0.2) is 31.2 Å². The van der Waals surface area contributed by atoms with E-state index in [0.717, 1.165) is 37.0 Å². The van der Waals surface area contributed by atoms with Gasteiger partial charge in [0.05, 0.1) is 18.7 Å². The Morgan fingerprint density at radius 2 is 1.79 bits per heavy atom. The molecule has 1 aromatic rings. The van der Waals surface area contributed by atoms with Crippen molar-refractivity contribution < 1.29 is 19.1 Å². The highest BCUT2D eigenvalue weighted by Gasteiger charge is 2.51. The number of nitrogens with zero attached hydrogens (tertiary/aromatic N) is 1. The number of rotatable bonds is 5. The molecule has 0 spiro atoms. The molecule has 148 valence electrons. The van der Waals surface area contributed by atoms with Gasteiger partial charge in [-0.15, -0.1) is 0 Å². The van der Waals surface area contributed by atoms with Crippen molar-refractivity contribution in [1.29, 1.82) is 5.26 Å². The maximum absolute atomic E-state index is 12.4. The molecular weight excluding hydrogens is 358 g/mol. The summed E-state index contributed by atoms with van der Waals surface area (Å²) in [6.45, 7) is -0.309. The van der Waals surface area contributed by atoms with E-state index in [1.165, 1.54) is 32.4 Å². The molecule has 1 aromatic carbocycles. The van der Waals surface area contributed by atoms with Crippen LogP contribution in [0.2, 0.25) is 0 Å². The summed E-state index contributed by atoms with van der Waals surface area (Å²) in [4.78, 5) is 24.5. The van der Waals surface area contributed by atoms with Crippen molar-refractivity contribution in [3.8, 4) is 17.6 Å². The van der Waals surface area contributed by atoms with Crippen molar-refractivity contribution in [1.82, 2.24) is 10.6 Å². The second-order valence-electron chi connectivity index (χ2n) is 8.47. The van der Waals surface area contributed by atoms with Gasteiger partial charge >= 0.3 is 6.03 Å². The van der Waals surface area contributed by atoms with Gasteiger partial charge < -0.3 is 14.8 Å². The van der Waals surface area contributed by atoms with Crippen LogP contribution in [0.3, 0.4) is 0 Å². The van der Waals surface area contributed by atoms with E-state index in [1.807, 2.05) is 6.07 Å². The first-order chi connectivity index (χ1) is 13.5. The Kier molecular flexibility index (Phi) is 4.88. The fourth-order valence-electron chi connectivity index (χ4n) is 5.70. The molecule has 4 fully saturated rings. The molecule has 0 heterocycles. The predicted molar refractivity (Wildman–Crippen MR) is 101 cm³/mol. The SMILES string of the molecule is COc1cc(C#N)ccc1OCC(=O)NC(=O)NC12CC3CC(CC(C3)C1)C2. The average Bonchev–Trinajstić information content (AvgIpc) is 2.64. The number of carbonyl (C=O) groups excluding carboxylic acids is 2. The Labute approximate surface area is 164 Å². The Balaban J connectivity index is 1.30. The third-order valence-corrected chi connectivity index (χ3v) is 6.32. The number of nitriles is 1. The van der Waals surface area contributed by atoms with Gasteiger partial charge in [0.15, 0.2) is 18.1 Å². The van der Waals surface area contributed by atoms with Crippen LogP contribution in [0.1, 0.15) is 44.1 Å². The van der Waals surface area contributed by atoms with Gasteiger partial charge in [0.2, 0.25) is 0 Å². The normalized spacial score (nSPS) is 29.6. The van der Waals surface area contributed by atoms with E-state index >= 15 is 0 Å². The van der Waals surface area contributed by atoms with Crippen molar-refractivity contribution >= 4 is 11.9 Å². The summed E-state index contributed by atoms with van der Waals surface area (Å²) in [6, 6.07) is 6.25. The minimum atomic E-state index is -0.520. The molecule has 0 saturated heterocycles. The molecule has 0 unspecified atom stereocenters. The van der Waals surface area contributed by atoms with Crippen LogP contribution in [0.4, 0.5) is 4.79 Å². The van der Waals surface area contributed by atoms with E-state index in [-0.39, 0.29) is 12.1 Å². The third-order valence-electron chi connectivity index (χ3n) is 6.32. The van der Waals surface area contributed by atoms with Gasteiger partial charge in [-0.25, -0.2) is 4.79 Å². The summed E-state index contributed by atoms with van der Waals surface area (Å²) in [5.74, 6) is 2.34. The Bertz CT molecular complexity index is 794. The smallest absolute Gasteiger partial charge is 0.321 e. The van der Waals surface area contributed by atoms with Gasteiger partial charge in [-0.1, -0.05) is 0 Å². The summed E-state index contributed by atoms with van der Waals surface area (Å²) >= 11 is 0. The van der Waals surface area contributed by atoms with E-state index in [1.54, 1.807) is 12.1 Å². The van der Waals surface area contributed by atoms with Crippen molar-refractivity contribution in [2.75, 3.05) is 13.7 Å². The van der Waals surface area contributed by atoms with Crippen LogP contribution in [-0.2, 0) is 4.79 Å². The number of methoxy groups -OCH3 is 1. The van der Waals surface area contributed by atoms with E-state index in [0.29, 0.717) is 17.1 Å². The number of ether oxygens (including phenoxy) is 2. The lowest BCUT2D eigenvalue weighted by Crippen LogP contribution is -2.62. The number of urea groups is 1. The topological polar surface area (TPSA) is 100 Å². The predicted octanol–water partition coefficient (Wildman–Crippen LogP) is 2.74. The number of amides is 3. The van der Waals surface area contributed by atoms with Gasteiger partial charge in [0, 0.05) is 11.6 Å². The second kappa shape index (κ2) is 7.34. The van der Waals surface area contributed by atoms with Gasteiger partial charge in [0.25, 0.3) is 5.91 Å². The number of hydrogen-bond acceptors (Lipinski definition) is 5. The maximum atomic E-state index is 12.4. The van der Waals surface area contributed by atoms with Crippen molar-refractivity contribution in [2.24, 2.45) is 17.8 Å². The molecule has 0 atom stereocenters. The third kappa shape index (κ3) is 3.77. The quantitative estimate of drug-likeness (QED) is 0.814. The number of imide groups is 1. The summed E-state index contributed by atoms with van der Waals surface area (Å²) < 4.78 is 10.6. The van der Waals surface area contributed by atoms with E-state index in [4.69, 9.17) is 14.7 Å². The lowest BCUT2D eigenvalue weighted by molar-refractivity contribution is -0.122. The first-order valence-electron chi connectivity index (χ1n) is 9.81. The number of nitrogens with one attached hydrogen (secondary N) is 2. The average molecular weight is 383 g/mol. The van der Waals surface area contributed by atoms with Crippen LogP contribution in [0.15, 0.2) is 18.2 Å². The highest BCUT2D eigenvalue weighted by molar-refractivity contribution is 5.95. The van der Waals surface area contributed by atoms with Crippen molar-refractivity contribution in [3.05, 3.63) is 23.8 Å². The van der Waals surface area contributed by atoms with Crippen molar-refractivity contribution in [3.63, 3.8) is 0 Å². The molecule has 4 saturated carbocycles. The Hall–Kier alpha value is -2.75. The molecule has 0 radical (unpaired) electrons. The first-order valence-corrected chi connectivity index (χ1v) is 9.81. The van der Waals surface area contributed by atoms with Crippen LogP contribution in [0, 0.1) is 29.1 Å². The summed E-state index contributed by atoms with van der Waals surface area (Å²) in [6.07, 6.45) is 6.96. The van der Waals surface area contributed by atoms with Crippen molar-refractivity contribution in [2.45, 2.75) is 44.1 Å². The summed E-state index contributed by atoms with van der Waals surface area (Å²) in [5, 5.41) is 14.4. The lowest BCUT2D eigenvalue weighted by atomic mass is 9.53. The minimum absolute atomic E-state index is 0.143. The molecular formula is C21H25N3O4. The number of carbonyl (C=O) groups is 2. The van der Waals surface area contributed by atoms with Gasteiger partial charge in [-0.2, -0.15) is 5.26 Å². The molecule has 0 aromatic heterocycles. The molecule has 5 rings (SSSR count). The zero-order chi connectivity index (χ0) is 19.7. The summed E-state index contributed by atoms with van der Waals surface area (Å²) in [5.41, 5.74) is 0.291. The molecule has 7 nitrogen and oxygen atoms in total. The maximum Gasteiger partial charge on any atom is 0.321 e. The molecule has 2 N–H and O–H groups in total. The zero-order valence-electron chi connectivity index (χ0n) is 16.0. The lowest BCUT2D eigenvalue weighted by Gasteiger charge is -2.56. The number of hydrogen-bond donors (Lipinski definition) is 2. The van der Waals surface area contributed by atoms with Gasteiger partial charge in [0.1, 0.15) is 0 Å². The van der Waals surface area contributed by atoms with E-state index in [2.05, 4.69) is 10.6 Å². The van der Waals surface area contributed by atoms with Crippen LogP contribution in [0.5, 0.6) is 11.5 Å². The molecule has 0 aliphatic heterocycles.